The van der Waals surface area contributed by atoms with Crippen LogP contribution in [0.25, 0.3) is 6.08 Å². The number of aliphatic carboxylic acids is 1. The second-order valence-electron chi connectivity index (χ2n) is 20.1. The molecule has 0 radical (unpaired) electrons. The van der Waals surface area contributed by atoms with E-state index >= 15 is 0 Å². The molecule has 1 aromatic carbocycles. The van der Waals surface area contributed by atoms with Gasteiger partial charge in [-0.3, -0.25) is 4.79 Å². The Morgan fingerprint density at radius 3 is 2.24 bits per heavy atom. The van der Waals surface area contributed by atoms with Gasteiger partial charge in [0.15, 0.2) is 6.29 Å². The largest absolute Gasteiger partial charge is 0.481 e. The van der Waals surface area contributed by atoms with Crippen molar-refractivity contribution in [2.24, 2.45) is 50.2 Å². The average Bonchev–Trinajstić information content (AvgIpc) is 3.13. The van der Waals surface area contributed by atoms with Crippen LogP contribution < -0.4 is 0 Å². The molecule has 1 heterocycles. The molecular weight excluding hydrogens is 700 g/mol. The summed E-state index contributed by atoms with van der Waals surface area (Å²) in [6.07, 6.45) is 4.97. The van der Waals surface area contributed by atoms with Crippen LogP contribution in [0.3, 0.4) is 0 Å². The molecule has 5 fully saturated rings. The minimum atomic E-state index is -1.49. The van der Waals surface area contributed by atoms with Gasteiger partial charge in [-0.25, -0.2) is 4.79 Å². The van der Waals surface area contributed by atoms with Gasteiger partial charge in [-0.05, 0) is 102 Å². The summed E-state index contributed by atoms with van der Waals surface area (Å²) in [7, 11) is 0. The third kappa shape index (κ3) is 6.27. The number of hydrogen-bond donors (Lipinski definition) is 5. The maximum atomic E-state index is 13.5. The molecule has 5 aliphatic carbocycles. The van der Waals surface area contributed by atoms with Crippen LogP contribution in [-0.4, -0.2) is 87.0 Å². The summed E-state index contributed by atoms with van der Waals surface area (Å²) in [6.45, 7) is 15.6. The Kier molecular flexibility index (Phi) is 10.4. The molecule has 1 aliphatic heterocycles. The Morgan fingerprint density at radius 2 is 1.56 bits per heavy atom. The normalized spacial score (nSPS) is 46.0. The second kappa shape index (κ2) is 14.0. The summed E-state index contributed by atoms with van der Waals surface area (Å²) in [6, 6.07) is 9.58. The lowest BCUT2D eigenvalue weighted by Gasteiger charge is -2.71. The van der Waals surface area contributed by atoms with Gasteiger partial charge in [0.2, 0.25) is 0 Å². The second-order valence-corrected chi connectivity index (χ2v) is 20.1. The predicted octanol–water partition coefficient (Wildman–Crippen LogP) is 6.29. The molecule has 7 rings (SSSR count). The van der Waals surface area contributed by atoms with Crippen LogP contribution >= 0.6 is 0 Å². The van der Waals surface area contributed by atoms with Crippen LogP contribution in [0.2, 0.25) is 0 Å². The molecule has 10 heteroatoms. The molecule has 10 nitrogen and oxygen atoms in total. The fourth-order valence-electron chi connectivity index (χ4n) is 13.3. The molecule has 304 valence electrons. The highest BCUT2D eigenvalue weighted by Crippen LogP contribution is 2.76. The third-order valence-electron chi connectivity index (χ3n) is 16.8. The van der Waals surface area contributed by atoms with Gasteiger partial charge >= 0.3 is 11.9 Å². The molecule has 5 N–H and O–H groups in total. The van der Waals surface area contributed by atoms with Crippen molar-refractivity contribution >= 4 is 18.0 Å². The Hall–Kier alpha value is -2.60. The molecule has 55 heavy (non-hydrogen) atoms. The average molecular weight is 765 g/mol. The van der Waals surface area contributed by atoms with Gasteiger partial charge in [-0.1, -0.05) is 90.4 Å². The van der Waals surface area contributed by atoms with E-state index in [4.69, 9.17) is 14.2 Å². The fourth-order valence-corrected chi connectivity index (χ4v) is 13.3. The summed E-state index contributed by atoms with van der Waals surface area (Å²) in [5.74, 6) is -0.744. The molecule has 0 unspecified atom stereocenters. The predicted molar refractivity (Wildman–Crippen MR) is 206 cm³/mol. The van der Waals surface area contributed by atoms with Crippen molar-refractivity contribution in [3.05, 3.63) is 53.6 Å². The van der Waals surface area contributed by atoms with E-state index in [0.29, 0.717) is 31.1 Å². The number of carboxylic acids is 1. The van der Waals surface area contributed by atoms with Gasteiger partial charge in [0.1, 0.15) is 30.5 Å². The summed E-state index contributed by atoms with van der Waals surface area (Å²) in [4.78, 5) is 26.7. The van der Waals surface area contributed by atoms with Gasteiger partial charge in [-0.15, -0.1) is 0 Å². The van der Waals surface area contributed by atoms with Crippen LogP contribution in [0.4, 0.5) is 0 Å². The third-order valence-corrected chi connectivity index (χ3v) is 16.8. The van der Waals surface area contributed by atoms with Crippen molar-refractivity contribution in [1.29, 1.82) is 0 Å². The lowest BCUT2D eigenvalue weighted by atomic mass is 9.33. The van der Waals surface area contributed by atoms with Crippen LogP contribution in [0.5, 0.6) is 0 Å². The highest BCUT2D eigenvalue weighted by molar-refractivity contribution is 5.87. The van der Waals surface area contributed by atoms with Crippen LogP contribution in [0, 0.1) is 50.2 Å². The number of ether oxygens (including phenoxy) is 3. The molecular formula is C45H64O10. The number of rotatable bonds is 7. The SMILES string of the molecule is CC1(C)C[C@H]2C3=CC[C@H]4[C@]5(C)CC[C@H](O[C@H]6O[C@@H](CO)[C@H](O)[C@H](O)[C@@H]6O)C(C)(C)[C@@H]5CC[C@]4(C)[C@@]3(C)CC[C@@]2(C(=O)O)C[C@H]1OC(=O)C=Cc1ccccc1. The Bertz CT molecular complexity index is 1680. The van der Waals surface area contributed by atoms with Gasteiger partial charge in [0.05, 0.1) is 18.1 Å². The van der Waals surface area contributed by atoms with Gasteiger partial charge in [0.25, 0.3) is 0 Å². The highest BCUT2D eigenvalue weighted by Gasteiger charge is 2.70. The summed E-state index contributed by atoms with van der Waals surface area (Å²) in [5, 5.41) is 52.4. The first-order valence-electron chi connectivity index (χ1n) is 20.6. The maximum absolute atomic E-state index is 13.5. The number of aliphatic hydroxyl groups excluding tert-OH is 4. The zero-order valence-electron chi connectivity index (χ0n) is 33.7. The van der Waals surface area contributed by atoms with Gasteiger partial charge in [-0.2, -0.15) is 0 Å². The van der Waals surface area contributed by atoms with E-state index in [2.05, 4.69) is 54.5 Å². The van der Waals surface area contributed by atoms with Crippen molar-refractivity contribution < 1.29 is 49.3 Å². The maximum Gasteiger partial charge on any atom is 0.331 e. The van der Waals surface area contributed by atoms with E-state index in [1.807, 2.05) is 30.3 Å². The lowest BCUT2D eigenvalue weighted by molar-refractivity contribution is -0.330. The Balaban J connectivity index is 1.13. The monoisotopic (exact) mass is 764 g/mol. The topological polar surface area (TPSA) is 163 Å². The van der Waals surface area contributed by atoms with E-state index in [1.54, 1.807) is 6.08 Å². The molecule has 4 saturated carbocycles. The Labute approximate surface area is 326 Å². The van der Waals surface area contributed by atoms with Crippen molar-refractivity contribution in [3.8, 4) is 0 Å². The number of hydrogen-bond acceptors (Lipinski definition) is 9. The molecule has 1 aromatic rings. The van der Waals surface area contributed by atoms with Crippen LogP contribution in [-0.2, 0) is 23.8 Å². The van der Waals surface area contributed by atoms with E-state index in [-0.39, 0.29) is 33.7 Å². The number of esters is 1. The number of carboxylic acid groups (broad SMARTS) is 1. The zero-order valence-corrected chi connectivity index (χ0v) is 33.7. The van der Waals surface area contributed by atoms with E-state index in [1.165, 1.54) is 11.6 Å². The van der Waals surface area contributed by atoms with E-state index < -0.39 is 66.2 Å². The number of fused-ring (bicyclic) bond motifs is 7. The zero-order chi connectivity index (χ0) is 39.9. The summed E-state index contributed by atoms with van der Waals surface area (Å²) >= 11 is 0. The molecule has 0 aromatic heterocycles. The lowest BCUT2D eigenvalue weighted by Crippen LogP contribution is -2.66. The van der Waals surface area contributed by atoms with Gasteiger partial charge in [0, 0.05) is 17.9 Å². The number of benzene rings is 1. The molecule has 6 aliphatic rings. The van der Waals surface area contributed by atoms with Crippen molar-refractivity contribution in [2.75, 3.05) is 6.61 Å². The van der Waals surface area contributed by atoms with E-state index in [9.17, 15) is 35.1 Å². The first-order valence-corrected chi connectivity index (χ1v) is 20.6. The van der Waals surface area contributed by atoms with Crippen molar-refractivity contribution in [1.82, 2.24) is 0 Å². The smallest absolute Gasteiger partial charge is 0.331 e. The minimum absolute atomic E-state index is 0.0312. The first-order chi connectivity index (χ1) is 25.7. The Morgan fingerprint density at radius 1 is 0.855 bits per heavy atom. The fraction of sp³-hybridized carbons (Fsp3) is 0.733. The highest BCUT2D eigenvalue weighted by atomic mass is 16.7. The van der Waals surface area contributed by atoms with E-state index in [0.717, 1.165) is 44.1 Å². The quantitative estimate of drug-likeness (QED) is 0.0923. The minimum Gasteiger partial charge on any atom is -0.481 e. The molecule has 14 atom stereocenters. The number of aliphatic hydroxyl groups is 4. The van der Waals surface area contributed by atoms with Crippen molar-refractivity contribution in [3.63, 3.8) is 0 Å². The number of carbonyl (C=O) groups excluding carboxylic acids is 1. The number of carbonyl (C=O) groups is 2. The molecule has 0 amide bonds. The molecule has 1 saturated heterocycles. The molecule has 0 spiro atoms. The van der Waals surface area contributed by atoms with Crippen LogP contribution in [0.1, 0.15) is 112 Å². The van der Waals surface area contributed by atoms with Crippen LogP contribution in [0.15, 0.2) is 48.1 Å². The van der Waals surface area contributed by atoms with Crippen molar-refractivity contribution in [2.45, 2.75) is 149 Å². The molecule has 0 bridgehead atoms. The number of allylic oxidation sites excluding steroid dienone is 2. The first kappa shape index (κ1) is 40.6. The standard InChI is InChI=1S/C45H64O10/c1-40(2)23-28-27-14-15-31-42(5)19-18-32(55-38-37(50)36(49)35(48)29(25-46)53-38)41(3,4)30(42)17-20-44(31,7)43(27,6)21-22-45(28,39(51)52)24-33(40)54-34(47)16-13-26-11-9-8-10-12-26/h8-14,16,28-33,35-38,46,48-50H,15,17-25H2,1-7H3,(H,51,52)/t28-,29-,30-,31-,32-,33+,35-,36-,37-,38+,42+,43-,44-,45+/m0/s1. The summed E-state index contributed by atoms with van der Waals surface area (Å²) in [5.41, 5.74) is 0.152. The summed E-state index contributed by atoms with van der Waals surface area (Å²) < 4.78 is 18.4. The van der Waals surface area contributed by atoms with Gasteiger partial charge < -0.3 is 39.7 Å².